The number of aromatic nitrogens is 2. The summed E-state index contributed by atoms with van der Waals surface area (Å²) in [5.41, 5.74) is 3.41. The fraction of sp³-hybridized carbons (Fsp3) is 0.370. The number of halogens is 1. The lowest BCUT2D eigenvalue weighted by Gasteiger charge is -2.42. The Morgan fingerprint density at radius 3 is 2.28 bits per heavy atom. The van der Waals surface area contributed by atoms with Crippen molar-refractivity contribution in [3.63, 3.8) is 0 Å². The first-order valence-electron chi connectivity index (χ1n) is 11.7. The van der Waals surface area contributed by atoms with Crippen LogP contribution in [0, 0.1) is 11.2 Å². The van der Waals surface area contributed by atoms with Crippen LogP contribution in [0.25, 0.3) is 11.8 Å². The zero-order chi connectivity index (χ0) is 25.5. The largest absolute Gasteiger partial charge is 0.466 e. The molecule has 4 atom stereocenters. The van der Waals surface area contributed by atoms with Gasteiger partial charge >= 0.3 is 11.9 Å². The van der Waals surface area contributed by atoms with Crippen LogP contribution in [-0.4, -0.2) is 53.9 Å². The van der Waals surface area contributed by atoms with E-state index in [-0.39, 0.29) is 5.82 Å². The summed E-state index contributed by atoms with van der Waals surface area (Å²) in [5, 5.41) is 4.56. The molecule has 0 N–H and O–H groups in total. The van der Waals surface area contributed by atoms with Gasteiger partial charge in [0.05, 0.1) is 31.8 Å². The number of carbonyl (C=O) groups excluding carboxylic acids is 2. The molecule has 0 amide bonds. The summed E-state index contributed by atoms with van der Waals surface area (Å²) in [5.74, 6) is -2.29. The van der Waals surface area contributed by atoms with Crippen molar-refractivity contribution in [1.82, 2.24) is 9.78 Å². The molecule has 3 aliphatic rings. The Bertz CT molecular complexity index is 1240. The standard InChI is InChI=1S/C27H27FN2O6/c1-26-15-17-16-29-30(20-6-4-19(28)5-7-20)21(17)14-18(26)12-13-27(26)35-22(8-10-24(31)33-2)23(36-27)9-11-25(32)34-3/h4-11,14,16,22-23H,12-13,15H2,1-3H3/b10-8-,11-9+/t22-,23-,26-,27?/m0/s1. The fourth-order valence-electron chi connectivity index (χ4n) is 5.35. The van der Waals surface area contributed by atoms with Crippen molar-refractivity contribution in [2.24, 2.45) is 5.41 Å². The molecular formula is C27H27FN2O6. The quantitative estimate of drug-likeness (QED) is 0.463. The predicted octanol–water partition coefficient (Wildman–Crippen LogP) is 3.69. The van der Waals surface area contributed by atoms with Crippen LogP contribution in [0.4, 0.5) is 4.39 Å². The van der Waals surface area contributed by atoms with Crippen LogP contribution in [0.15, 0.2) is 60.3 Å². The van der Waals surface area contributed by atoms with Gasteiger partial charge in [0, 0.05) is 24.0 Å². The highest BCUT2D eigenvalue weighted by Gasteiger charge is 2.63. The van der Waals surface area contributed by atoms with Crippen LogP contribution in [0.1, 0.15) is 31.0 Å². The third-order valence-electron chi connectivity index (χ3n) is 7.31. The highest BCUT2D eigenvalue weighted by atomic mass is 19.1. The molecule has 188 valence electrons. The van der Waals surface area contributed by atoms with Gasteiger partial charge in [0.25, 0.3) is 0 Å². The minimum atomic E-state index is -0.968. The van der Waals surface area contributed by atoms with E-state index >= 15 is 0 Å². The summed E-state index contributed by atoms with van der Waals surface area (Å²) in [6, 6.07) is 6.23. The average Bonchev–Trinajstić information content (AvgIpc) is 3.53. The summed E-state index contributed by atoms with van der Waals surface area (Å²) in [4.78, 5) is 23.5. The van der Waals surface area contributed by atoms with Gasteiger partial charge < -0.3 is 18.9 Å². The summed E-state index contributed by atoms with van der Waals surface area (Å²) < 4.78 is 37.8. The number of esters is 2. The SMILES string of the molecule is COC(=O)/C=C\[C@@H]1OC2(CCC3=Cc4c(cnn4-c4ccc(F)cc4)C[C@@]32C)O[C@H]1/C=C/C(=O)OC. The highest BCUT2D eigenvalue weighted by Crippen LogP contribution is 2.60. The Labute approximate surface area is 208 Å². The third kappa shape index (κ3) is 3.98. The molecule has 2 heterocycles. The Balaban J connectivity index is 1.48. The molecule has 0 bridgehead atoms. The number of benzene rings is 1. The molecular weight excluding hydrogens is 467 g/mol. The lowest BCUT2D eigenvalue weighted by Crippen LogP contribution is -2.46. The number of hydrogen-bond donors (Lipinski definition) is 0. The molecule has 1 unspecified atom stereocenters. The van der Waals surface area contributed by atoms with Gasteiger partial charge in [-0.1, -0.05) is 12.5 Å². The molecule has 2 fully saturated rings. The molecule has 1 saturated carbocycles. The number of rotatable bonds is 5. The van der Waals surface area contributed by atoms with Crippen molar-refractivity contribution in [1.29, 1.82) is 0 Å². The maximum absolute atomic E-state index is 13.4. The van der Waals surface area contributed by atoms with Gasteiger partial charge in [0.1, 0.15) is 18.0 Å². The second-order valence-corrected chi connectivity index (χ2v) is 9.30. The van der Waals surface area contributed by atoms with Gasteiger partial charge in [0.2, 0.25) is 0 Å². The van der Waals surface area contributed by atoms with Crippen LogP contribution in [0.2, 0.25) is 0 Å². The topological polar surface area (TPSA) is 88.9 Å². The maximum atomic E-state index is 13.4. The first kappa shape index (κ1) is 24.1. The zero-order valence-corrected chi connectivity index (χ0v) is 20.3. The molecule has 2 aliphatic carbocycles. The molecule has 36 heavy (non-hydrogen) atoms. The Kier molecular flexibility index (Phi) is 6.13. The van der Waals surface area contributed by atoms with Crippen LogP contribution in [-0.2, 0) is 35.0 Å². The predicted molar refractivity (Wildman–Crippen MR) is 127 cm³/mol. The number of nitrogens with zero attached hydrogens (tertiary/aromatic N) is 2. The number of hydrogen-bond acceptors (Lipinski definition) is 7. The number of ether oxygens (including phenoxy) is 4. The van der Waals surface area contributed by atoms with E-state index in [0.29, 0.717) is 12.8 Å². The van der Waals surface area contributed by atoms with E-state index in [1.165, 1.54) is 38.5 Å². The lowest BCUT2D eigenvalue weighted by molar-refractivity contribution is -0.219. The highest BCUT2D eigenvalue weighted by molar-refractivity contribution is 5.82. The lowest BCUT2D eigenvalue weighted by atomic mass is 9.72. The molecule has 9 heteroatoms. The Morgan fingerprint density at radius 1 is 1.08 bits per heavy atom. The van der Waals surface area contributed by atoms with Crippen molar-refractivity contribution >= 4 is 18.0 Å². The third-order valence-corrected chi connectivity index (χ3v) is 7.31. The monoisotopic (exact) mass is 494 g/mol. The first-order chi connectivity index (χ1) is 17.3. The van der Waals surface area contributed by atoms with Gasteiger partial charge in [-0.05, 0) is 60.9 Å². The van der Waals surface area contributed by atoms with Gasteiger partial charge in [0.15, 0.2) is 5.79 Å². The van der Waals surface area contributed by atoms with Crippen LogP contribution in [0.3, 0.4) is 0 Å². The fourth-order valence-corrected chi connectivity index (χ4v) is 5.35. The van der Waals surface area contributed by atoms with Gasteiger partial charge in [-0.3, -0.25) is 0 Å². The van der Waals surface area contributed by atoms with E-state index in [4.69, 9.17) is 18.9 Å². The molecule has 1 spiro atoms. The summed E-state index contributed by atoms with van der Waals surface area (Å²) in [6.07, 6.45) is 10.5. The molecule has 2 aromatic rings. The van der Waals surface area contributed by atoms with E-state index in [0.717, 1.165) is 28.9 Å². The molecule has 1 aliphatic heterocycles. The van der Waals surface area contributed by atoms with Gasteiger partial charge in [-0.15, -0.1) is 0 Å². The minimum Gasteiger partial charge on any atom is -0.466 e. The molecule has 0 radical (unpaired) electrons. The number of methoxy groups -OCH3 is 2. The van der Waals surface area contributed by atoms with Crippen molar-refractivity contribution in [2.75, 3.05) is 14.2 Å². The second-order valence-electron chi connectivity index (χ2n) is 9.30. The summed E-state index contributed by atoms with van der Waals surface area (Å²) >= 11 is 0. The van der Waals surface area contributed by atoms with Crippen molar-refractivity contribution in [3.05, 3.63) is 77.4 Å². The number of fused-ring (bicyclic) bond motifs is 3. The molecule has 1 aromatic carbocycles. The zero-order valence-electron chi connectivity index (χ0n) is 20.3. The summed E-state index contributed by atoms with van der Waals surface area (Å²) in [6.45, 7) is 2.11. The van der Waals surface area contributed by atoms with E-state index in [1.807, 2.05) is 10.9 Å². The van der Waals surface area contributed by atoms with Crippen LogP contribution < -0.4 is 0 Å². The molecule has 8 nitrogen and oxygen atoms in total. The van der Waals surface area contributed by atoms with Crippen molar-refractivity contribution < 1.29 is 32.9 Å². The molecule has 5 rings (SSSR count). The van der Waals surface area contributed by atoms with E-state index in [9.17, 15) is 14.0 Å². The van der Waals surface area contributed by atoms with E-state index < -0.39 is 35.3 Å². The molecule has 1 saturated heterocycles. The minimum absolute atomic E-state index is 0.300. The first-order valence-corrected chi connectivity index (χ1v) is 11.7. The molecule has 1 aromatic heterocycles. The Morgan fingerprint density at radius 2 is 1.69 bits per heavy atom. The van der Waals surface area contributed by atoms with Gasteiger partial charge in [-0.2, -0.15) is 5.10 Å². The van der Waals surface area contributed by atoms with E-state index in [1.54, 1.807) is 24.3 Å². The van der Waals surface area contributed by atoms with E-state index in [2.05, 4.69) is 18.1 Å². The average molecular weight is 495 g/mol. The summed E-state index contributed by atoms with van der Waals surface area (Å²) in [7, 11) is 2.60. The van der Waals surface area contributed by atoms with Gasteiger partial charge in [-0.25, -0.2) is 18.7 Å². The van der Waals surface area contributed by atoms with Crippen LogP contribution >= 0.6 is 0 Å². The van der Waals surface area contributed by atoms with Crippen molar-refractivity contribution in [2.45, 2.75) is 44.2 Å². The second kappa shape index (κ2) is 9.15. The smallest absolute Gasteiger partial charge is 0.330 e. The Hall–Kier alpha value is -3.56. The maximum Gasteiger partial charge on any atom is 0.330 e. The normalized spacial score (nSPS) is 28.9. The van der Waals surface area contributed by atoms with Crippen molar-refractivity contribution in [3.8, 4) is 5.69 Å². The number of carbonyl (C=O) groups is 2. The van der Waals surface area contributed by atoms with Crippen LogP contribution in [0.5, 0.6) is 0 Å².